The highest BCUT2D eigenvalue weighted by Crippen LogP contribution is 2.22. The minimum absolute atomic E-state index is 0.0609. The van der Waals surface area contributed by atoms with Gasteiger partial charge in [0.2, 0.25) is 10.0 Å². The van der Waals surface area contributed by atoms with Crippen LogP contribution >= 0.6 is 23.4 Å². The van der Waals surface area contributed by atoms with Crippen LogP contribution in [0.5, 0.6) is 0 Å². The molecule has 110 valence electrons. The fraction of sp³-hybridized carbons (Fsp3) is 0.385. The van der Waals surface area contributed by atoms with Gasteiger partial charge in [-0.3, -0.25) is 0 Å². The number of nitrogens with two attached hydrogens (primary N) is 1. The molecule has 0 amide bonds. The highest BCUT2D eigenvalue weighted by atomic mass is 35.5. The van der Waals surface area contributed by atoms with E-state index >= 15 is 0 Å². The van der Waals surface area contributed by atoms with Crippen molar-refractivity contribution in [3.05, 3.63) is 28.8 Å². The molecule has 0 heterocycles. The van der Waals surface area contributed by atoms with Gasteiger partial charge >= 0.3 is 0 Å². The molecule has 0 aliphatic rings. The van der Waals surface area contributed by atoms with Gasteiger partial charge in [-0.2, -0.15) is 11.8 Å². The number of nitrogens with one attached hydrogen (secondary N) is 1. The summed E-state index contributed by atoms with van der Waals surface area (Å²) in [4.78, 5) is 0.0609. The van der Waals surface area contributed by atoms with E-state index in [9.17, 15) is 8.42 Å². The predicted molar refractivity (Wildman–Crippen MR) is 85.5 cm³/mol. The van der Waals surface area contributed by atoms with Crippen molar-refractivity contribution in [1.82, 2.24) is 4.72 Å². The second-order valence-corrected chi connectivity index (χ2v) is 7.47. The first kappa shape index (κ1) is 17.3. The van der Waals surface area contributed by atoms with Gasteiger partial charge in [-0.25, -0.2) is 13.1 Å². The van der Waals surface area contributed by atoms with Gasteiger partial charge in [-0.1, -0.05) is 30.4 Å². The van der Waals surface area contributed by atoms with Crippen molar-refractivity contribution in [3.63, 3.8) is 0 Å². The highest BCUT2D eigenvalue weighted by Gasteiger charge is 2.18. The van der Waals surface area contributed by atoms with Crippen LogP contribution in [0.15, 0.2) is 23.1 Å². The summed E-state index contributed by atoms with van der Waals surface area (Å²) < 4.78 is 26.8. The molecule has 3 N–H and O–H groups in total. The van der Waals surface area contributed by atoms with Crippen molar-refractivity contribution in [1.29, 1.82) is 0 Å². The normalized spacial score (nSPS) is 12.6. The minimum Gasteiger partial charge on any atom is -0.320 e. The lowest BCUT2D eigenvalue weighted by atomic mass is 10.2. The van der Waals surface area contributed by atoms with Gasteiger partial charge in [-0.05, 0) is 24.5 Å². The summed E-state index contributed by atoms with van der Waals surface area (Å²) in [6.45, 7) is 2.54. The minimum atomic E-state index is -3.60. The zero-order chi connectivity index (χ0) is 15.2. The number of hydrogen-bond acceptors (Lipinski definition) is 4. The van der Waals surface area contributed by atoms with E-state index in [4.69, 9.17) is 17.3 Å². The van der Waals surface area contributed by atoms with Gasteiger partial charge in [-0.15, -0.1) is 0 Å². The fourth-order valence-corrected chi connectivity index (χ4v) is 3.37. The van der Waals surface area contributed by atoms with E-state index in [-0.39, 0.29) is 21.7 Å². The molecule has 0 aliphatic carbocycles. The molecular formula is C13H17ClN2O2S2. The van der Waals surface area contributed by atoms with E-state index in [1.54, 1.807) is 17.8 Å². The second kappa shape index (κ2) is 7.91. The van der Waals surface area contributed by atoms with Crippen LogP contribution in [0.1, 0.15) is 12.5 Å². The van der Waals surface area contributed by atoms with Crippen molar-refractivity contribution in [2.24, 2.45) is 5.73 Å². The number of hydrogen-bond donors (Lipinski definition) is 2. The summed E-state index contributed by atoms with van der Waals surface area (Å²) in [7, 11) is -3.60. The van der Waals surface area contributed by atoms with Crippen LogP contribution in [0, 0.1) is 11.8 Å². The van der Waals surface area contributed by atoms with Crippen LogP contribution in [0.25, 0.3) is 0 Å². The third-order valence-electron chi connectivity index (χ3n) is 2.52. The average molecular weight is 333 g/mol. The molecule has 0 fully saturated rings. The number of thioether (sulfide) groups is 1. The third-order valence-corrected chi connectivity index (χ3v) is 5.40. The number of benzene rings is 1. The molecular weight excluding hydrogens is 316 g/mol. The van der Waals surface area contributed by atoms with Gasteiger partial charge in [0.1, 0.15) is 4.90 Å². The molecule has 0 radical (unpaired) electrons. The van der Waals surface area contributed by atoms with E-state index in [1.807, 2.05) is 13.2 Å². The van der Waals surface area contributed by atoms with Gasteiger partial charge in [0, 0.05) is 17.4 Å². The summed E-state index contributed by atoms with van der Waals surface area (Å²) in [5, 5.41) is 0.344. The molecule has 0 saturated heterocycles. The lowest BCUT2D eigenvalue weighted by Crippen LogP contribution is -2.29. The molecule has 1 rings (SSSR count). The van der Waals surface area contributed by atoms with Crippen LogP contribution in [-0.4, -0.2) is 33.0 Å². The molecule has 1 unspecified atom stereocenters. The third kappa shape index (κ3) is 5.00. The van der Waals surface area contributed by atoms with Crippen LogP contribution in [0.2, 0.25) is 5.02 Å². The maximum Gasteiger partial charge on any atom is 0.242 e. The Kier molecular flexibility index (Phi) is 6.86. The fourth-order valence-electron chi connectivity index (χ4n) is 1.34. The van der Waals surface area contributed by atoms with Gasteiger partial charge in [0.05, 0.1) is 11.6 Å². The summed E-state index contributed by atoms with van der Waals surface area (Å²) in [5.41, 5.74) is 5.92. The number of halogens is 1. The summed E-state index contributed by atoms with van der Waals surface area (Å²) >= 11 is 7.60. The van der Waals surface area contributed by atoms with Crippen molar-refractivity contribution in [3.8, 4) is 11.8 Å². The van der Waals surface area contributed by atoms with Gasteiger partial charge in [0.25, 0.3) is 0 Å². The lowest BCUT2D eigenvalue weighted by molar-refractivity contribution is 0.581. The van der Waals surface area contributed by atoms with Crippen LogP contribution in [0.4, 0.5) is 0 Å². The van der Waals surface area contributed by atoms with E-state index < -0.39 is 10.0 Å². The SMILES string of the molecule is CSC(C)CNS(=O)(=O)c1ccc(C#CCN)cc1Cl. The molecule has 0 aromatic heterocycles. The molecule has 1 aromatic rings. The quantitative estimate of drug-likeness (QED) is 0.805. The summed E-state index contributed by atoms with van der Waals surface area (Å²) in [5.74, 6) is 5.49. The molecule has 20 heavy (non-hydrogen) atoms. The molecule has 4 nitrogen and oxygen atoms in total. The van der Waals surface area contributed by atoms with E-state index in [1.165, 1.54) is 12.1 Å². The average Bonchev–Trinajstić information content (AvgIpc) is 2.42. The van der Waals surface area contributed by atoms with Gasteiger partial charge in [0.15, 0.2) is 0 Å². The van der Waals surface area contributed by atoms with Crippen LogP contribution < -0.4 is 10.5 Å². The maximum atomic E-state index is 12.1. The summed E-state index contributed by atoms with van der Waals surface area (Å²) in [6, 6.07) is 4.59. The molecule has 0 aliphatic heterocycles. The smallest absolute Gasteiger partial charge is 0.242 e. The summed E-state index contributed by atoms with van der Waals surface area (Å²) in [6.07, 6.45) is 1.93. The van der Waals surface area contributed by atoms with Crippen molar-refractivity contribution in [2.75, 3.05) is 19.3 Å². The zero-order valence-corrected chi connectivity index (χ0v) is 13.7. The first-order chi connectivity index (χ1) is 9.40. The lowest BCUT2D eigenvalue weighted by Gasteiger charge is -2.11. The van der Waals surface area contributed by atoms with Crippen molar-refractivity contribution in [2.45, 2.75) is 17.1 Å². The van der Waals surface area contributed by atoms with Crippen LogP contribution in [-0.2, 0) is 10.0 Å². The molecule has 1 aromatic carbocycles. The second-order valence-electron chi connectivity index (χ2n) is 4.05. The molecule has 7 heteroatoms. The largest absolute Gasteiger partial charge is 0.320 e. The Morgan fingerprint density at radius 1 is 1.50 bits per heavy atom. The topological polar surface area (TPSA) is 72.2 Å². The molecule has 1 atom stereocenters. The first-order valence-corrected chi connectivity index (χ1v) is 9.06. The Labute approximate surface area is 129 Å². The van der Waals surface area contributed by atoms with E-state index in [0.29, 0.717) is 12.1 Å². The Hall–Kier alpha value is -0.710. The van der Waals surface area contributed by atoms with Crippen molar-refractivity contribution < 1.29 is 8.42 Å². The van der Waals surface area contributed by atoms with E-state index in [2.05, 4.69) is 16.6 Å². The monoisotopic (exact) mass is 332 g/mol. The molecule has 0 spiro atoms. The van der Waals surface area contributed by atoms with Crippen LogP contribution in [0.3, 0.4) is 0 Å². The Bertz CT molecular complexity index is 621. The standard InChI is InChI=1S/C13H17ClN2O2S2/c1-10(19-2)9-16-20(17,18)13-6-5-11(4-3-7-15)8-12(13)14/h5-6,8,10,16H,7,9,15H2,1-2H3. The molecule has 0 bridgehead atoms. The maximum absolute atomic E-state index is 12.1. The number of rotatable bonds is 5. The Morgan fingerprint density at radius 2 is 2.20 bits per heavy atom. The zero-order valence-electron chi connectivity index (χ0n) is 11.3. The number of sulfonamides is 1. The predicted octanol–water partition coefficient (Wildman–Crippen LogP) is 1.68. The first-order valence-electron chi connectivity index (χ1n) is 5.91. The Balaban J connectivity index is 2.96. The van der Waals surface area contributed by atoms with Gasteiger partial charge < -0.3 is 5.73 Å². The van der Waals surface area contributed by atoms with E-state index in [0.717, 1.165) is 0 Å². The van der Waals surface area contributed by atoms with Crippen molar-refractivity contribution >= 4 is 33.4 Å². The molecule has 0 saturated carbocycles. The highest BCUT2D eigenvalue weighted by molar-refractivity contribution is 7.99. The Morgan fingerprint density at radius 3 is 2.75 bits per heavy atom.